The molecule has 0 spiro atoms. The van der Waals surface area contributed by atoms with Gasteiger partial charge in [-0.1, -0.05) is 23.8 Å². The molecule has 0 radical (unpaired) electrons. The first-order valence-corrected chi connectivity index (χ1v) is 7.97. The van der Waals surface area contributed by atoms with E-state index in [4.69, 9.17) is 0 Å². The van der Waals surface area contributed by atoms with Gasteiger partial charge in [0.1, 0.15) is 9.88 Å². The number of nitrogens with zero attached hydrogens (tertiary/aromatic N) is 2. The Morgan fingerprint density at radius 1 is 1.38 bits per heavy atom. The Kier molecular flexibility index (Phi) is 4.03. The average molecular weight is 302 g/mol. The molecule has 0 amide bonds. The lowest BCUT2D eigenvalue weighted by molar-refractivity contribution is 0.0702. The zero-order valence-corrected chi connectivity index (χ0v) is 12.8. The van der Waals surface area contributed by atoms with Gasteiger partial charge in [-0.05, 0) is 38.9 Å². The van der Waals surface area contributed by atoms with Crippen LogP contribution in [0.4, 0.5) is 0 Å². The summed E-state index contributed by atoms with van der Waals surface area (Å²) in [6, 6.07) is 7.85. The number of benzene rings is 1. The Morgan fingerprint density at radius 2 is 2.14 bits per heavy atom. The van der Waals surface area contributed by atoms with Crippen LogP contribution in [0.1, 0.15) is 33.1 Å². The number of aromatic nitrogens is 1. The van der Waals surface area contributed by atoms with Crippen LogP contribution in [0.3, 0.4) is 0 Å². The monoisotopic (exact) mass is 302 g/mol. The highest BCUT2D eigenvalue weighted by Crippen LogP contribution is 2.30. The summed E-state index contributed by atoms with van der Waals surface area (Å²) in [5, 5.41) is 10.3. The highest BCUT2D eigenvalue weighted by molar-refractivity contribution is 7.14. The lowest BCUT2D eigenvalue weighted by Gasteiger charge is -2.11. The summed E-state index contributed by atoms with van der Waals surface area (Å²) in [5.41, 5.74) is 2.60. The Morgan fingerprint density at radius 3 is 2.81 bits per heavy atom. The number of carboxylic acid groups (broad SMARTS) is 1. The fourth-order valence-corrected chi connectivity index (χ4v) is 3.66. The summed E-state index contributed by atoms with van der Waals surface area (Å²) < 4.78 is 0. The molecule has 0 bridgehead atoms. The minimum Gasteiger partial charge on any atom is -0.477 e. The summed E-state index contributed by atoms with van der Waals surface area (Å²) in [6.45, 7) is 4.93. The van der Waals surface area contributed by atoms with E-state index in [1.165, 1.54) is 24.2 Å². The number of likely N-dealkylation sites (tertiary alicyclic amines) is 1. The Hall–Kier alpha value is -1.72. The zero-order valence-electron chi connectivity index (χ0n) is 12.0. The topological polar surface area (TPSA) is 53.4 Å². The summed E-state index contributed by atoms with van der Waals surface area (Å²) in [7, 11) is 0. The lowest BCUT2D eigenvalue weighted by Crippen LogP contribution is -2.18. The van der Waals surface area contributed by atoms with E-state index >= 15 is 0 Å². The third-order valence-electron chi connectivity index (χ3n) is 3.71. The number of aromatic carboxylic acids is 1. The van der Waals surface area contributed by atoms with Gasteiger partial charge in [0.05, 0.1) is 12.2 Å². The standard InChI is InChI=1S/C16H18N2O2S/c1-11-5-4-6-12(9-11)14-15(16(19)20)21-13(17-14)10-18-7-2-3-8-18/h4-6,9H,2-3,7-8,10H2,1H3,(H,19,20). The maximum Gasteiger partial charge on any atom is 0.348 e. The van der Waals surface area contributed by atoms with Gasteiger partial charge in [-0.25, -0.2) is 9.78 Å². The Balaban J connectivity index is 1.94. The molecular formula is C16H18N2O2S. The van der Waals surface area contributed by atoms with Gasteiger partial charge < -0.3 is 5.11 Å². The van der Waals surface area contributed by atoms with Crippen LogP contribution in [-0.2, 0) is 6.54 Å². The Labute approximate surface area is 128 Å². The third-order valence-corrected chi connectivity index (χ3v) is 4.74. The van der Waals surface area contributed by atoms with Gasteiger partial charge in [0.2, 0.25) is 0 Å². The zero-order chi connectivity index (χ0) is 14.8. The molecule has 1 N–H and O–H groups in total. The molecule has 21 heavy (non-hydrogen) atoms. The third kappa shape index (κ3) is 3.14. The Bertz CT molecular complexity index is 660. The minimum atomic E-state index is -0.892. The number of aryl methyl sites for hydroxylation is 1. The van der Waals surface area contributed by atoms with Gasteiger partial charge in [-0.15, -0.1) is 11.3 Å². The van der Waals surface area contributed by atoms with E-state index in [2.05, 4.69) is 9.88 Å². The molecular weight excluding hydrogens is 284 g/mol. The number of hydrogen-bond acceptors (Lipinski definition) is 4. The van der Waals surface area contributed by atoms with Crippen molar-refractivity contribution < 1.29 is 9.90 Å². The lowest BCUT2D eigenvalue weighted by atomic mass is 10.1. The molecule has 110 valence electrons. The van der Waals surface area contributed by atoms with Crippen LogP contribution in [-0.4, -0.2) is 34.0 Å². The van der Waals surface area contributed by atoms with Crippen molar-refractivity contribution in [2.24, 2.45) is 0 Å². The van der Waals surface area contributed by atoms with Gasteiger partial charge in [0, 0.05) is 5.56 Å². The van der Waals surface area contributed by atoms with Crippen LogP contribution >= 0.6 is 11.3 Å². The molecule has 0 aliphatic carbocycles. The summed E-state index contributed by atoms with van der Waals surface area (Å²) >= 11 is 1.30. The van der Waals surface area contributed by atoms with E-state index in [0.717, 1.165) is 35.8 Å². The van der Waals surface area contributed by atoms with E-state index in [1.807, 2.05) is 31.2 Å². The van der Waals surface area contributed by atoms with E-state index in [9.17, 15) is 9.90 Å². The number of carbonyl (C=O) groups is 1. The van der Waals surface area contributed by atoms with Crippen molar-refractivity contribution in [1.29, 1.82) is 0 Å². The summed E-state index contributed by atoms with van der Waals surface area (Å²) in [5.74, 6) is -0.892. The van der Waals surface area contributed by atoms with Crippen molar-refractivity contribution in [3.05, 3.63) is 39.7 Å². The molecule has 1 aromatic carbocycles. The molecule has 1 fully saturated rings. The van der Waals surface area contributed by atoms with Crippen molar-refractivity contribution in [3.63, 3.8) is 0 Å². The molecule has 0 atom stereocenters. The van der Waals surface area contributed by atoms with Crippen LogP contribution in [0.5, 0.6) is 0 Å². The SMILES string of the molecule is Cc1cccc(-c2nc(CN3CCCC3)sc2C(=O)O)c1. The van der Waals surface area contributed by atoms with Crippen molar-refractivity contribution in [2.45, 2.75) is 26.3 Å². The normalized spacial score (nSPS) is 15.5. The van der Waals surface area contributed by atoms with Gasteiger partial charge in [-0.3, -0.25) is 4.90 Å². The van der Waals surface area contributed by atoms with Crippen LogP contribution in [0.15, 0.2) is 24.3 Å². The highest BCUT2D eigenvalue weighted by atomic mass is 32.1. The first-order chi connectivity index (χ1) is 10.1. The van der Waals surface area contributed by atoms with Gasteiger partial charge in [0.25, 0.3) is 0 Å². The van der Waals surface area contributed by atoms with Crippen LogP contribution < -0.4 is 0 Å². The maximum atomic E-state index is 11.5. The second-order valence-electron chi connectivity index (χ2n) is 5.44. The molecule has 5 heteroatoms. The molecule has 4 nitrogen and oxygen atoms in total. The van der Waals surface area contributed by atoms with Crippen molar-refractivity contribution in [1.82, 2.24) is 9.88 Å². The first-order valence-electron chi connectivity index (χ1n) is 7.16. The molecule has 2 aromatic rings. The molecule has 1 aliphatic heterocycles. The largest absolute Gasteiger partial charge is 0.477 e. The summed E-state index contributed by atoms with van der Waals surface area (Å²) in [6.07, 6.45) is 2.45. The van der Waals surface area contributed by atoms with E-state index in [0.29, 0.717) is 10.6 Å². The fourth-order valence-electron chi connectivity index (χ4n) is 2.70. The van der Waals surface area contributed by atoms with Crippen molar-refractivity contribution in [2.75, 3.05) is 13.1 Å². The smallest absolute Gasteiger partial charge is 0.348 e. The van der Waals surface area contributed by atoms with Gasteiger partial charge >= 0.3 is 5.97 Å². The first kappa shape index (κ1) is 14.2. The van der Waals surface area contributed by atoms with Gasteiger partial charge in [-0.2, -0.15) is 0 Å². The second kappa shape index (κ2) is 5.95. The maximum absolute atomic E-state index is 11.5. The predicted molar refractivity (Wildman–Crippen MR) is 83.8 cm³/mol. The van der Waals surface area contributed by atoms with E-state index in [1.54, 1.807) is 0 Å². The molecule has 1 aliphatic rings. The molecule has 1 saturated heterocycles. The molecule has 2 heterocycles. The van der Waals surface area contributed by atoms with Crippen molar-refractivity contribution >= 4 is 17.3 Å². The number of rotatable bonds is 4. The molecule has 0 unspecified atom stereocenters. The van der Waals surface area contributed by atoms with E-state index in [-0.39, 0.29) is 0 Å². The second-order valence-corrected chi connectivity index (χ2v) is 6.53. The van der Waals surface area contributed by atoms with Crippen LogP contribution in [0.2, 0.25) is 0 Å². The van der Waals surface area contributed by atoms with Crippen LogP contribution in [0, 0.1) is 6.92 Å². The quantitative estimate of drug-likeness (QED) is 0.940. The number of carboxylic acids is 1. The number of hydrogen-bond donors (Lipinski definition) is 1. The minimum absolute atomic E-state index is 0.342. The predicted octanol–water partition coefficient (Wildman–Crippen LogP) is 3.41. The average Bonchev–Trinajstić information content (AvgIpc) is 3.08. The van der Waals surface area contributed by atoms with E-state index < -0.39 is 5.97 Å². The highest BCUT2D eigenvalue weighted by Gasteiger charge is 2.21. The van der Waals surface area contributed by atoms with Gasteiger partial charge in [0.15, 0.2) is 0 Å². The fraction of sp³-hybridized carbons (Fsp3) is 0.375. The molecule has 1 aromatic heterocycles. The molecule has 3 rings (SSSR count). The van der Waals surface area contributed by atoms with Crippen LogP contribution in [0.25, 0.3) is 11.3 Å². The number of thiazole rings is 1. The van der Waals surface area contributed by atoms with Crippen molar-refractivity contribution in [3.8, 4) is 11.3 Å². The molecule has 0 saturated carbocycles. The summed E-state index contributed by atoms with van der Waals surface area (Å²) in [4.78, 5) is 18.8.